The Balaban J connectivity index is 0.000000810. The average Bonchev–Trinajstić information content (AvgIpc) is 1.90. The van der Waals surface area contributed by atoms with E-state index in [0.717, 1.165) is 0 Å². The van der Waals surface area contributed by atoms with Crippen LogP contribution in [0.3, 0.4) is 0 Å². The maximum absolute atomic E-state index is 10.3. The van der Waals surface area contributed by atoms with Crippen molar-refractivity contribution in [1.82, 2.24) is 0 Å². The van der Waals surface area contributed by atoms with E-state index in [4.69, 9.17) is 5.11 Å². The van der Waals surface area contributed by atoms with Gasteiger partial charge in [-0.1, -0.05) is 0 Å². The van der Waals surface area contributed by atoms with Crippen molar-refractivity contribution < 1.29 is 15.4 Å². The van der Waals surface area contributed by atoms with Crippen molar-refractivity contribution in [1.29, 1.82) is 0 Å². The summed E-state index contributed by atoms with van der Waals surface area (Å²) in [5.41, 5.74) is 0. The Hall–Kier alpha value is -0.300. The predicted molar refractivity (Wildman–Crippen MR) is 39.0 cm³/mol. The molecule has 0 saturated heterocycles. The van der Waals surface area contributed by atoms with Crippen LogP contribution in [-0.2, 0) is 4.79 Å². The number of allylic oxidation sites excluding steroid dienone is 2. The third kappa shape index (κ3) is 2.52. The molecule has 56 valence electrons. The van der Waals surface area contributed by atoms with Gasteiger partial charge in [-0.05, 0) is 0 Å². The van der Waals surface area contributed by atoms with E-state index < -0.39 is 26.9 Å². The van der Waals surface area contributed by atoms with Crippen molar-refractivity contribution in [3.63, 3.8) is 0 Å². The molecule has 3 nitrogen and oxygen atoms in total. The summed E-state index contributed by atoms with van der Waals surface area (Å²) >= 11 is -0.420. The number of carboxylic acid groups (broad SMARTS) is 1. The molecule has 0 fully saturated rings. The second-order valence-corrected chi connectivity index (χ2v) is 4.61. The molecule has 1 aliphatic rings. The molecule has 0 radical (unpaired) electrons. The summed E-state index contributed by atoms with van der Waals surface area (Å²) in [4.78, 5) is 10.3. The molecule has 1 heterocycles. The average molecular weight is 256 g/mol. The molecule has 0 aliphatic carbocycles. The standard InChI is InChI=1S/C6H6O2Te.H2O/c7-6(8)5-3-1-2-4-9-5;/h1-5H,(H,7,8);1H2. The van der Waals surface area contributed by atoms with E-state index >= 15 is 0 Å². The van der Waals surface area contributed by atoms with Gasteiger partial charge in [0.15, 0.2) is 0 Å². The van der Waals surface area contributed by atoms with Gasteiger partial charge < -0.3 is 5.48 Å². The number of rotatable bonds is 1. The Morgan fingerprint density at radius 3 is 2.50 bits per heavy atom. The van der Waals surface area contributed by atoms with Gasteiger partial charge in [0.25, 0.3) is 0 Å². The fourth-order valence-electron chi connectivity index (χ4n) is 0.526. The normalized spacial score (nSPS) is 21.8. The Labute approximate surface area is 68.8 Å². The van der Waals surface area contributed by atoms with E-state index in [0.29, 0.717) is 0 Å². The third-order valence-corrected chi connectivity index (χ3v) is 3.70. The molecule has 1 unspecified atom stereocenters. The van der Waals surface area contributed by atoms with E-state index in [9.17, 15) is 4.79 Å². The first-order chi connectivity index (χ1) is 4.30. The molecule has 0 bridgehead atoms. The number of carbonyl (C=O) groups is 1. The van der Waals surface area contributed by atoms with Crippen LogP contribution in [0.5, 0.6) is 0 Å². The van der Waals surface area contributed by atoms with Crippen LogP contribution in [-0.4, -0.2) is 37.5 Å². The Bertz CT molecular complexity index is 174. The SMILES string of the molecule is O.O=C(O)C1C=CC=C[Te]1. The van der Waals surface area contributed by atoms with Crippen LogP contribution >= 0.6 is 0 Å². The second-order valence-electron chi connectivity index (χ2n) is 1.61. The van der Waals surface area contributed by atoms with Crippen LogP contribution in [0.4, 0.5) is 0 Å². The van der Waals surface area contributed by atoms with E-state index in [-0.39, 0.29) is 9.44 Å². The number of carboxylic acids is 1. The molecule has 0 saturated carbocycles. The molecule has 4 heteroatoms. The molecule has 10 heavy (non-hydrogen) atoms. The van der Waals surface area contributed by atoms with Gasteiger partial charge in [0, 0.05) is 0 Å². The van der Waals surface area contributed by atoms with Crippen molar-refractivity contribution in [3.05, 3.63) is 22.4 Å². The first-order valence-corrected chi connectivity index (χ1v) is 5.21. The van der Waals surface area contributed by atoms with Gasteiger partial charge in [0.05, 0.1) is 0 Å². The van der Waals surface area contributed by atoms with Crippen LogP contribution in [0, 0.1) is 0 Å². The molecule has 0 aromatic heterocycles. The third-order valence-electron chi connectivity index (χ3n) is 0.944. The van der Waals surface area contributed by atoms with Crippen LogP contribution in [0.1, 0.15) is 0 Å². The summed E-state index contributed by atoms with van der Waals surface area (Å²) < 4.78 is 1.82. The minimum absolute atomic E-state index is 0. The Morgan fingerprint density at radius 1 is 1.50 bits per heavy atom. The molecule has 1 rings (SSSR count). The molecule has 0 aromatic rings. The molecular weight excluding hydrogens is 248 g/mol. The number of aliphatic carboxylic acids is 1. The van der Waals surface area contributed by atoms with E-state index in [1.807, 2.05) is 10.2 Å². The fraction of sp³-hybridized carbons (Fsp3) is 0.167. The quantitative estimate of drug-likeness (QED) is 0.661. The molecule has 0 spiro atoms. The number of hydrogen-bond donors (Lipinski definition) is 1. The number of hydrogen-bond acceptors (Lipinski definition) is 1. The van der Waals surface area contributed by atoms with E-state index in [2.05, 4.69) is 0 Å². The zero-order chi connectivity index (χ0) is 6.69. The summed E-state index contributed by atoms with van der Waals surface area (Å²) in [7, 11) is 0. The first kappa shape index (κ1) is 9.70. The summed E-state index contributed by atoms with van der Waals surface area (Å²) in [6.45, 7) is 0. The zero-order valence-electron chi connectivity index (χ0n) is 5.15. The van der Waals surface area contributed by atoms with Crippen LogP contribution in [0.25, 0.3) is 0 Å². The monoisotopic (exact) mass is 258 g/mol. The fourth-order valence-corrected chi connectivity index (χ4v) is 2.38. The zero-order valence-corrected chi connectivity index (χ0v) is 7.48. The maximum atomic E-state index is 10.3. The van der Waals surface area contributed by atoms with Crippen LogP contribution < -0.4 is 0 Å². The van der Waals surface area contributed by atoms with Crippen LogP contribution in [0.15, 0.2) is 22.4 Å². The molecular formula is C6H8O3Te. The summed E-state index contributed by atoms with van der Waals surface area (Å²) in [6, 6.07) is 0. The topological polar surface area (TPSA) is 68.8 Å². The second kappa shape index (κ2) is 4.51. The van der Waals surface area contributed by atoms with Gasteiger partial charge in [0.2, 0.25) is 0 Å². The Morgan fingerprint density at radius 2 is 2.20 bits per heavy atom. The van der Waals surface area contributed by atoms with Crippen LogP contribution in [0.2, 0.25) is 3.97 Å². The summed E-state index contributed by atoms with van der Waals surface area (Å²) in [5, 5.41) is 8.49. The molecule has 1 aliphatic heterocycles. The van der Waals surface area contributed by atoms with Crippen molar-refractivity contribution in [2.75, 3.05) is 0 Å². The van der Waals surface area contributed by atoms with Gasteiger partial charge in [-0.15, -0.1) is 0 Å². The van der Waals surface area contributed by atoms with Gasteiger partial charge in [-0.2, -0.15) is 0 Å². The van der Waals surface area contributed by atoms with Gasteiger partial charge in [0.1, 0.15) is 0 Å². The van der Waals surface area contributed by atoms with Gasteiger partial charge >= 0.3 is 63.1 Å². The van der Waals surface area contributed by atoms with Crippen molar-refractivity contribution in [3.8, 4) is 0 Å². The summed E-state index contributed by atoms with van der Waals surface area (Å²) in [5.74, 6) is -0.682. The first-order valence-electron chi connectivity index (χ1n) is 2.52. The molecule has 0 amide bonds. The van der Waals surface area contributed by atoms with E-state index in [1.165, 1.54) is 0 Å². The Kier molecular flexibility index (Phi) is 4.37. The van der Waals surface area contributed by atoms with Gasteiger partial charge in [-0.25, -0.2) is 0 Å². The minimum atomic E-state index is -0.682. The van der Waals surface area contributed by atoms with Gasteiger partial charge in [-0.3, -0.25) is 0 Å². The molecule has 3 N–H and O–H groups in total. The van der Waals surface area contributed by atoms with E-state index in [1.54, 1.807) is 12.2 Å². The van der Waals surface area contributed by atoms with Crippen molar-refractivity contribution in [2.24, 2.45) is 0 Å². The molecule has 0 aromatic carbocycles. The molecule has 1 atom stereocenters. The predicted octanol–water partition coefficient (Wildman–Crippen LogP) is -0.177. The summed E-state index contributed by atoms with van der Waals surface area (Å²) in [6.07, 6.45) is 5.47. The van der Waals surface area contributed by atoms with Crippen molar-refractivity contribution >= 4 is 26.9 Å². The van der Waals surface area contributed by atoms with Crippen molar-refractivity contribution in [2.45, 2.75) is 3.97 Å².